The highest BCUT2D eigenvalue weighted by atomic mass is 32.2. The Morgan fingerprint density at radius 1 is 1.14 bits per heavy atom. The minimum Gasteiger partial charge on any atom is -0.380 e. The van der Waals surface area contributed by atoms with E-state index in [-0.39, 0.29) is 5.41 Å². The third-order valence-corrected chi connectivity index (χ3v) is 5.52. The van der Waals surface area contributed by atoms with Gasteiger partial charge in [0.25, 0.3) is 0 Å². The molecule has 14 heavy (non-hydrogen) atoms. The Balaban J connectivity index is 1.78. The van der Waals surface area contributed by atoms with Crippen LogP contribution in [0.1, 0.15) is 33.1 Å². The van der Waals surface area contributed by atoms with Crippen LogP contribution in [-0.4, -0.2) is 28.9 Å². The number of hydrogen-bond acceptors (Lipinski definition) is 2. The first-order valence-corrected chi connectivity index (χ1v) is 6.93. The van der Waals surface area contributed by atoms with Crippen LogP contribution in [0.25, 0.3) is 0 Å². The highest BCUT2D eigenvalue weighted by Gasteiger charge is 2.38. The summed E-state index contributed by atoms with van der Waals surface area (Å²) in [5, 5.41) is 0. The van der Waals surface area contributed by atoms with E-state index in [9.17, 15) is 4.21 Å². The van der Waals surface area contributed by atoms with Crippen LogP contribution >= 0.6 is 0 Å². The fourth-order valence-corrected chi connectivity index (χ4v) is 4.40. The largest absolute Gasteiger partial charge is 0.380 e. The Hall–Kier alpha value is 0.110. The first-order valence-electron chi connectivity index (χ1n) is 5.44. The number of ether oxygens (including phenoxy) is 1. The molecule has 0 N–H and O–H groups in total. The van der Waals surface area contributed by atoms with Gasteiger partial charge in [-0.2, -0.15) is 0 Å². The second-order valence-electron chi connectivity index (χ2n) is 5.70. The van der Waals surface area contributed by atoms with Gasteiger partial charge in [-0.3, -0.25) is 4.21 Å². The first kappa shape index (κ1) is 10.6. The smallest absolute Gasteiger partial charge is 0.0551 e. The molecule has 2 fully saturated rings. The molecule has 0 amide bonds. The zero-order valence-corrected chi connectivity index (χ0v) is 9.99. The SMILES string of the molecule is CC1(CS(=O)CC2(C)COC2)CCC1. The lowest BCUT2D eigenvalue weighted by atomic mass is 9.72. The van der Waals surface area contributed by atoms with E-state index in [2.05, 4.69) is 13.8 Å². The molecule has 0 radical (unpaired) electrons. The van der Waals surface area contributed by atoms with Gasteiger partial charge in [-0.15, -0.1) is 0 Å². The van der Waals surface area contributed by atoms with Crippen LogP contribution in [0.2, 0.25) is 0 Å². The van der Waals surface area contributed by atoms with Crippen molar-refractivity contribution in [3.63, 3.8) is 0 Å². The van der Waals surface area contributed by atoms with Crippen molar-refractivity contribution in [2.24, 2.45) is 10.8 Å². The van der Waals surface area contributed by atoms with Gasteiger partial charge in [0, 0.05) is 27.7 Å². The summed E-state index contributed by atoms with van der Waals surface area (Å²) in [6, 6.07) is 0. The van der Waals surface area contributed by atoms with Gasteiger partial charge in [0.1, 0.15) is 0 Å². The maximum absolute atomic E-state index is 11.9. The van der Waals surface area contributed by atoms with E-state index in [1.54, 1.807) is 0 Å². The van der Waals surface area contributed by atoms with Crippen molar-refractivity contribution in [2.45, 2.75) is 33.1 Å². The summed E-state index contributed by atoms with van der Waals surface area (Å²) < 4.78 is 17.1. The molecular formula is C11H20O2S. The average molecular weight is 216 g/mol. The van der Waals surface area contributed by atoms with Crippen molar-refractivity contribution in [1.29, 1.82) is 0 Å². The van der Waals surface area contributed by atoms with Gasteiger partial charge in [-0.25, -0.2) is 0 Å². The molecule has 1 saturated heterocycles. The Labute approximate surface area is 88.9 Å². The molecule has 0 bridgehead atoms. The normalized spacial score (nSPS) is 30.1. The monoisotopic (exact) mass is 216 g/mol. The molecule has 1 aliphatic heterocycles. The molecule has 0 aromatic rings. The molecule has 0 aromatic heterocycles. The van der Waals surface area contributed by atoms with Gasteiger partial charge in [-0.05, 0) is 18.3 Å². The maximum atomic E-state index is 11.9. The van der Waals surface area contributed by atoms with E-state index in [1.165, 1.54) is 19.3 Å². The number of hydrogen-bond donors (Lipinski definition) is 0. The van der Waals surface area contributed by atoms with Crippen molar-refractivity contribution in [2.75, 3.05) is 24.7 Å². The fourth-order valence-electron chi connectivity index (χ4n) is 2.29. The van der Waals surface area contributed by atoms with E-state index in [1.807, 2.05) is 0 Å². The Bertz CT molecular complexity index is 218. The zero-order chi connectivity index (χ0) is 10.2. The molecule has 82 valence electrons. The summed E-state index contributed by atoms with van der Waals surface area (Å²) in [6.45, 7) is 6.05. The van der Waals surface area contributed by atoms with Gasteiger partial charge in [0.2, 0.25) is 0 Å². The Morgan fingerprint density at radius 2 is 1.71 bits per heavy atom. The molecule has 1 saturated carbocycles. The van der Waals surface area contributed by atoms with Gasteiger partial charge in [0.15, 0.2) is 0 Å². The third kappa shape index (κ3) is 2.19. The standard InChI is InChI=1S/C11H20O2S/c1-10(4-3-5-10)8-14(12)9-11(2)6-13-7-11/h3-9H2,1-2H3. The zero-order valence-electron chi connectivity index (χ0n) is 9.17. The van der Waals surface area contributed by atoms with Crippen molar-refractivity contribution in [3.8, 4) is 0 Å². The summed E-state index contributed by atoms with van der Waals surface area (Å²) in [7, 11) is -0.636. The Morgan fingerprint density at radius 3 is 2.07 bits per heavy atom. The van der Waals surface area contributed by atoms with Gasteiger partial charge in [-0.1, -0.05) is 20.3 Å². The van der Waals surface area contributed by atoms with Crippen molar-refractivity contribution in [3.05, 3.63) is 0 Å². The molecule has 0 aromatic carbocycles. The van der Waals surface area contributed by atoms with Crippen molar-refractivity contribution >= 4 is 10.8 Å². The molecule has 1 atom stereocenters. The molecule has 0 spiro atoms. The fraction of sp³-hybridized carbons (Fsp3) is 1.00. The lowest BCUT2D eigenvalue weighted by Gasteiger charge is -2.41. The van der Waals surface area contributed by atoms with Crippen LogP contribution in [0.5, 0.6) is 0 Å². The van der Waals surface area contributed by atoms with Crippen LogP contribution in [0.3, 0.4) is 0 Å². The molecule has 3 heteroatoms. The van der Waals surface area contributed by atoms with Crippen LogP contribution in [0, 0.1) is 10.8 Å². The average Bonchev–Trinajstić information content (AvgIpc) is 1.98. The minimum absolute atomic E-state index is 0.213. The lowest BCUT2D eigenvalue weighted by molar-refractivity contribution is -0.0866. The highest BCUT2D eigenvalue weighted by Crippen LogP contribution is 2.41. The minimum atomic E-state index is -0.636. The van der Waals surface area contributed by atoms with E-state index in [0.717, 1.165) is 24.7 Å². The lowest BCUT2D eigenvalue weighted by Crippen LogP contribution is -2.45. The molecule has 1 heterocycles. The molecule has 2 aliphatic rings. The van der Waals surface area contributed by atoms with Crippen molar-refractivity contribution in [1.82, 2.24) is 0 Å². The third-order valence-electron chi connectivity index (χ3n) is 3.48. The molecule has 2 nitrogen and oxygen atoms in total. The Kier molecular flexibility index (Phi) is 2.73. The summed E-state index contributed by atoms with van der Waals surface area (Å²) in [6.07, 6.45) is 3.87. The van der Waals surface area contributed by atoms with Gasteiger partial charge < -0.3 is 4.74 Å². The summed E-state index contributed by atoms with van der Waals surface area (Å²) in [5.41, 5.74) is 0.608. The predicted octanol–water partition coefficient (Wildman–Crippen LogP) is 1.96. The van der Waals surface area contributed by atoms with E-state index in [4.69, 9.17) is 4.74 Å². The summed E-state index contributed by atoms with van der Waals surface area (Å²) in [5.74, 6) is 1.74. The van der Waals surface area contributed by atoms with E-state index >= 15 is 0 Å². The summed E-state index contributed by atoms with van der Waals surface area (Å²) >= 11 is 0. The van der Waals surface area contributed by atoms with Crippen molar-refractivity contribution < 1.29 is 8.95 Å². The van der Waals surface area contributed by atoms with Crippen LogP contribution in [-0.2, 0) is 15.5 Å². The van der Waals surface area contributed by atoms with E-state index < -0.39 is 10.8 Å². The predicted molar refractivity (Wildman–Crippen MR) is 58.8 cm³/mol. The van der Waals surface area contributed by atoms with Crippen LogP contribution < -0.4 is 0 Å². The van der Waals surface area contributed by atoms with Gasteiger partial charge in [0.05, 0.1) is 13.2 Å². The van der Waals surface area contributed by atoms with Crippen LogP contribution in [0.15, 0.2) is 0 Å². The second kappa shape index (κ2) is 3.60. The number of rotatable bonds is 4. The molecule has 1 aliphatic carbocycles. The van der Waals surface area contributed by atoms with E-state index in [0.29, 0.717) is 5.41 Å². The second-order valence-corrected chi connectivity index (χ2v) is 7.15. The highest BCUT2D eigenvalue weighted by molar-refractivity contribution is 7.85. The first-order chi connectivity index (χ1) is 6.52. The quantitative estimate of drug-likeness (QED) is 0.718. The van der Waals surface area contributed by atoms with Gasteiger partial charge >= 0.3 is 0 Å². The molecule has 1 unspecified atom stereocenters. The molecule has 2 rings (SSSR count). The maximum Gasteiger partial charge on any atom is 0.0551 e. The molecular weight excluding hydrogens is 196 g/mol. The summed E-state index contributed by atoms with van der Waals surface area (Å²) in [4.78, 5) is 0. The van der Waals surface area contributed by atoms with Crippen LogP contribution in [0.4, 0.5) is 0 Å². The topological polar surface area (TPSA) is 26.3 Å².